The molecule has 0 radical (unpaired) electrons. The van der Waals surface area contributed by atoms with Crippen molar-refractivity contribution in [2.45, 2.75) is 26.4 Å². The molecule has 2 aromatic rings. The van der Waals surface area contributed by atoms with Gasteiger partial charge in [0.1, 0.15) is 0 Å². The van der Waals surface area contributed by atoms with Crippen molar-refractivity contribution >= 4 is 16.9 Å². The fourth-order valence-corrected chi connectivity index (χ4v) is 2.18. The lowest BCUT2D eigenvalue weighted by Crippen LogP contribution is -2.37. The third kappa shape index (κ3) is 3.09. The molecule has 7 heteroatoms. The first-order valence-corrected chi connectivity index (χ1v) is 7.20. The molecule has 0 bridgehead atoms. The van der Waals surface area contributed by atoms with E-state index in [0.717, 1.165) is 0 Å². The van der Waals surface area contributed by atoms with Crippen LogP contribution in [0.1, 0.15) is 24.2 Å². The van der Waals surface area contributed by atoms with Crippen molar-refractivity contribution in [1.29, 1.82) is 0 Å². The fourth-order valence-electron chi connectivity index (χ4n) is 2.18. The molecule has 3 N–H and O–H groups in total. The van der Waals surface area contributed by atoms with Crippen LogP contribution < -0.4 is 21.8 Å². The molecule has 1 unspecified atom stereocenters. The molecule has 22 heavy (non-hydrogen) atoms. The number of fused-ring (bicyclic) bond motifs is 1. The quantitative estimate of drug-likeness (QED) is 0.680. The standard InChI is InChI=1S/C15H20N4O3/c1-4-19-12-6-5-10(13(20)17-8-9(2)16-3)7-11(12)18-14(21)15(19)22/h5-7,9,16H,4,8H2,1-3H3,(H,17,20)(H,18,21). The summed E-state index contributed by atoms with van der Waals surface area (Å²) in [5.41, 5.74) is 0.242. The molecule has 0 saturated carbocycles. The van der Waals surface area contributed by atoms with E-state index in [1.54, 1.807) is 25.1 Å². The van der Waals surface area contributed by atoms with Crippen LogP contribution in [0.4, 0.5) is 0 Å². The maximum Gasteiger partial charge on any atom is 0.316 e. The predicted octanol–water partition coefficient (Wildman–Crippen LogP) is 0.0474. The number of likely N-dealkylation sites (N-methyl/N-ethyl adjacent to an activating group) is 1. The normalized spacial score (nSPS) is 12.3. The first-order valence-electron chi connectivity index (χ1n) is 7.20. The molecule has 0 aliphatic carbocycles. The van der Waals surface area contributed by atoms with Crippen molar-refractivity contribution < 1.29 is 4.79 Å². The molecule has 1 aromatic carbocycles. The topological polar surface area (TPSA) is 96.0 Å². The molecular weight excluding hydrogens is 284 g/mol. The number of rotatable bonds is 5. The van der Waals surface area contributed by atoms with E-state index in [0.29, 0.717) is 29.7 Å². The smallest absolute Gasteiger partial charge is 0.316 e. The average Bonchev–Trinajstić information content (AvgIpc) is 2.53. The Morgan fingerprint density at radius 3 is 2.73 bits per heavy atom. The summed E-state index contributed by atoms with van der Waals surface area (Å²) >= 11 is 0. The largest absolute Gasteiger partial charge is 0.350 e. The Kier molecular flexibility index (Phi) is 4.77. The molecule has 1 atom stereocenters. The van der Waals surface area contributed by atoms with Gasteiger partial charge in [-0.15, -0.1) is 0 Å². The highest BCUT2D eigenvalue weighted by atomic mass is 16.2. The number of carbonyl (C=O) groups is 1. The molecule has 0 fully saturated rings. The van der Waals surface area contributed by atoms with Crippen LogP contribution >= 0.6 is 0 Å². The summed E-state index contributed by atoms with van der Waals surface area (Å²) in [4.78, 5) is 38.1. The minimum Gasteiger partial charge on any atom is -0.350 e. The Balaban J connectivity index is 2.39. The maximum absolute atomic E-state index is 12.1. The van der Waals surface area contributed by atoms with Crippen molar-refractivity contribution in [3.05, 3.63) is 44.5 Å². The Morgan fingerprint density at radius 1 is 1.36 bits per heavy atom. The van der Waals surface area contributed by atoms with E-state index in [1.165, 1.54) is 4.57 Å². The number of hydrogen-bond acceptors (Lipinski definition) is 4. The van der Waals surface area contributed by atoms with Gasteiger partial charge < -0.3 is 20.2 Å². The van der Waals surface area contributed by atoms with Crippen LogP contribution in [0.2, 0.25) is 0 Å². The van der Waals surface area contributed by atoms with Crippen molar-refractivity contribution in [2.24, 2.45) is 0 Å². The number of aromatic nitrogens is 2. The molecule has 0 aliphatic rings. The monoisotopic (exact) mass is 304 g/mol. The first kappa shape index (κ1) is 16.0. The minimum atomic E-state index is -0.685. The Hall–Kier alpha value is -2.41. The van der Waals surface area contributed by atoms with Crippen LogP contribution in [0.15, 0.2) is 27.8 Å². The summed E-state index contributed by atoms with van der Waals surface area (Å²) < 4.78 is 1.39. The highest BCUT2D eigenvalue weighted by Gasteiger charge is 2.11. The highest BCUT2D eigenvalue weighted by Crippen LogP contribution is 2.11. The van der Waals surface area contributed by atoms with E-state index in [1.807, 2.05) is 14.0 Å². The van der Waals surface area contributed by atoms with Crippen LogP contribution in [-0.2, 0) is 6.54 Å². The summed E-state index contributed by atoms with van der Waals surface area (Å²) in [5.74, 6) is -0.223. The Bertz CT molecular complexity index is 807. The van der Waals surface area contributed by atoms with Crippen LogP contribution in [0.5, 0.6) is 0 Å². The first-order chi connectivity index (χ1) is 10.5. The third-order valence-corrected chi connectivity index (χ3v) is 3.61. The number of nitrogens with one attached hydrogen (secondary N) is 3. The van der Waals surface area contributed by atoms with Gasteiger partial charge in [0, 0.05) is 24.7 Å². The van der Waals surface area contributed by atoms with Crippen molar-refractivity contribution in [2.75, 3.05) is 13.6 Å². The molecular formula is C15H20N4O3. The van der Waals surface area contributed by atoms with E-state index >= 15 is 0 Å². The fraction of sp³-hybridized carbons (Fsp3) is 0.400. The van der Waals surface area contributed by atoms with E-state index in [-0.39, 0.29) is 11.9 Å². The van der Waals surface area contributed by atoms with Gasteiger partial charge in [-0.25, -0.2) is 0 Å². The van der Waals surface area contributed by atoms with Gasteiger partial charge in [0.05, 0.1) is 11.0 Å². The summed E-state index contributed by atoms with van der Waals surface area (Å²) in [6.07, 6.45) is 0. The zero-order valence-corrected chi connectivity index (χ0v) is 12.9. The van der Waals surface area contributed by atoms with E-state index in [2.05, 4.69) is 15.6 Å². The van der Waals surface area contributed by atoms with Crippen LogP contribution in [0.3, 0.4) is 0 Å². The molecule has 7 nitrogen and oxygen atoms in total. The van der Waals surface area contributed by atoms with Crippen LogP contribution in [0.25, 0.3) is 11.0 Å². The summed E-state index contributed by atoms with van der Waals surface area (Å²) in [7, 11) is 1.82. The van der Waals surface area contributed by atoms with Crippen molar-refractivity contribution in [3.63, 3.8) is 0 Å². The molecule has 1 aromatic heterocycles. The number of amides is 1. The Morgan fingerprint density at radius 2 is 2.09 bits per heavy atom. The SMILES string of the molecule is CCn1c(=O)c(=O)[nH]c2cc(C(=O)NCC(C)NC)ccc21. The summed E-state index contributed by atoms with van der Waals surface area (Å²) in [6.45, 7) is 4.64. The van der Waals surface area contributed by atoms with E-state index < -0.39 is 11.1 Å². The summed E-state index contributed by atoms with van der Waals surface area (Å²) in [5, 5.41) is 5.84. The number of benzene rings is 1. The Labute approximate surface area is 127 Å². The average molecular weight is 304 g/mol. The van der Waals surface area contributed by atoms with Gasteiger partial charge in [-0.2, -0.15) is 0 Å². The number of carbonyl (C=O) groups excluding carboxylic acids is 1. The second-order valence-corrected chi connectivity index (χ2v) is 5.14. The second kappa shape index (κ2) is 6.57. The van der Waals surface area contributed by atoms with Crippen LogP contribution in [-0.4, -0.2) is 35.1 Å². The van der Waals surface area contributed by atoms with Gasteiger partial charge >= 0.3 is 11.1 Å². The molecule has 1 amide bonds. The minimum absolute atomic E-state index is 0.162. The number of aromatic amines is 1. The third-order valence-electron chi connectivity index (χ3n) is 3.61. The number of hydrogen-bond donors (Lipinski definition) is 3. The van der Waals surface area contributed by atoms with E-state index in [9.17, 15) is 14.4 Å². The van der Waals surface area contributed by atoms with Crippen molar-refractivity contribution in [3.8, 4) is 0 Å². The zero-order chi connectivity index (χ0) is 16.3. The lowest BCUT2D eigenvalue weighted by atomic mass is 10.1. The van der Waals surface area contributed by atoms with Gasteiger partial charge in [0.2, 0.25) is 0 Å². The summed E-state index contributed by atoms with van der Waals surface area (Å²) in [6, 6.07) is 5.06. The van der Waals surface area contributed by atoms with Gasteiger partial charge in [0.15, 0.2) is 0 Å². The predicted molar refractivity (Wildman–Crippen MR) is 85.4 cm³/mol. The second-order valence-electron chi connectivity index (χ2n) is 5.14. The lowest BCUT2D eigenvalue weighted by Gasteiger charge is -2.12. The van der Waals surface area contributed by atoms with Crippen LogP contribution in [0, 0.1) is 0 Å². The number of H-pyrrole nitrogens is 1. The van der Waals surface area contributed by atoms with Crippen molar-refractivity contribution in [1.82, 2.24) is 20.2 Å². The van der Waals surface area contributed by atoms with Gasteiger partial charge in [0.25, 0.3) is 5.91 Å². The maximum atomic E-state index is 12.1. The molecule has 118 valence electrons. The lowest BCUT2D eigenvalue weighted by molar-refractivity contribution is 0.0950. The molecule has 0 saturated heterocycles. The van der Waals surface area contributed by atoms with Gasteiger partial charge in [-0.05, 0) is 39.1 Å². The zero-order valence-electron chi connectivity index (χ0n) is 12.9. The molecule has 2 rings (SSSR count). The molecule has 0 aliphatic heterocycles. The highest BCUT2D eigenvalue weighted by molar-refractivity contribution is 5.97. The molecule has 0 spiro atoms. The number of aryl methyl sites for hydroxylation is 1. The molecule has 1 heterocycles. The number of nitrogens with zero attached hydrogens (tertiary/aromatic N) is 1. The van der Waals surface area contributed by atoms with E-state index in [4.69, 9.17) is 0 Å². The van der Waals surface area contributed by atoms with Gasteiger partial charge in [-0.3, -0.25) is 14.4 Å². The van der Waals surface area contributed by atoms with Gasteiger partial charge in [-0.1, -0.05) is 0 Å².